The molecule has 0 spiro atoms. The third-order valence-electron chi connectivity index (χ3n) is 5.34. The summed E-state index contributed by atoms with van der Waals surface area (Å²) in [6.07, 6.45) is 3.33. The maximum atomic E-state index is 13.0. The number of amides is 1. The molecule has 7 nitrogen and oxygen atoms in total. The molecule has 8 heteroatoms. The van der Waals surface area contributed by atoms with Crippen LogP contribution in [0.2, 0.25) is 0 Å². The van der Waals surface area contributed by atoms with Gasteiger partial charge in [0, 0.05) is 34.3 Å². The third-order valence-corrected chi connectivity index (χ3v) is 6.10. The van der Waals surface area contributed by atoms with Gasteiger partial charge in [-0.25, -0.2) is 14.8 Å². The molecule has 1 amide bonds. The average Bonchev–Trinajstić information content (AvgIpc) is 3.36. The van der Waals surface area contributed by atoms with Gasteiger partial charge in [-0.15, -0.1) is 11.3 Å². The van der Waals surface area contributed by atoms with Crippen LogP contribution < -0.4 is 5.32 Å². The number of para-hydroxylation sites is 1. The van der Waals surface area contributed by atoms with Gasteiger partial charge in [-0.2, -0.15) is 0 Å². The number of thiazole rings is 1. The molecule has 1 N–H and O–H groups in total. The predicted molar refractivity (Wildman–Crippen MR) is 136 cm³/mol. The second-order valence-corrected chi connectivity index (χ2v) is 8.69. The molecule has 0 saturated carbocycles. The molecule has 0 unspecified atom stereocenters. The summed E-state index contributed by atoms with van der Waals surface area (Å²) in [5.74, 6) is -1.07. The van der Waals surface area contributed by atoms with Gasteiger partial charge in [0.2, 0.25) is 0 Å². The normalized spacial score (nSPS) is 10.8. The second kappa shape index (κ2) is 9.82. The van der Waals surface area contributed by atoms with E-state index in [9.17, 15) is 9.59 Å². The Hall–Kier alpha value is -4.43. The van der Waals surface area contributed by atoms with Crippen LogP contribution in [0, 0.1) is 6.92 Å². The van der Waals surface area contributed by atoms with Gasteiger partial charge < -0.3 is 4.74 Å². The number of anilines is 1. The molecule has 35 heavy (non-hydrogen) atoms. The first-order chi connectivity index (χ1) is 17.1. The number of aryl methyl sites for hydroxylation is 1. The summed E-state index contributed by atoms with van der Waals surface area (Å²) in [4.78, 5) is 38.5. The smallest absolute Gasteiger partial charge is 0.339 e. The van der Waals surface area contributed by atoms with Gasteiger partial charge in [-0.05, 0) is 31.2 Å². The maximum absolute atomic E-state index is 13.0. The van der Waals surface area contributed by atoms with Crippen molar-refractivity contribution < 1.29 is 14.3 Å². The quantitative estimate of drug-likeness (QED) is 0.322. The van der Waals surface area contributed by atoms with Crippen molar-refractivity contribution >= 4 is 39.2 Å². The summed E-state index contributed by atoms with van der Waals surface area (Å²) >= 11 is 1.31. The summed E-state index contributed by atoms with van der Waals surface area (Å²) in [5.41, 5.74) is 5.34. The van der Waals surface area contributed by atoms with E-state index in [1.165, 1.54) is 11.3 Å². The Morgan fingerprint density at radius 3 is 2.46 bits per heavy atom. The first-order valence-electron chi connectivity index (χ1n) is 10.9. The SMILES string of the molecule is Cc1ccc(-c2csc(NC(=O)COC(=O)c3cc(-c4ccncc4)nc4ccccc34)n2)cc1. The molecule has 5 rings (SSSR count). The molecule has 0 atom stereocenters. The second-order valence-electron chi connectivity index (χ2n) is 7.84. The fourth-order valence-electron chi connectivity index (χ4n) is 3.57. The number of benzene rings is 2. The van der Waals surface area contributed by atoms with Crippen molar-refractivity contribution in [3.8, 4) is 22.5 Å². The van der Waals surface area contributed by atoms with Crippen molar-refractivity contribution in [1.29, 1.82) is 0 Å². The lowest BCUT2D eigenvalue weighted by Crippen LogP contribution is -2.21. The minimum Gasteiger partial charge on any atom is -0.452 e. The zero-order valence-electron chi connectivity index (χ0n) is 18.8. The van der Waals surface area contributed by atoms with Crippen LogP contribution in [0.4, 0.5) is 5.13 Å². The molecular formula is C27H20N4O3S. The highest BCUT2D eigenvalue weighted by molar-refractivity contribution is 7.14. The number of aromatic nitrogens is 3. The van der Waals surface area contributed by atoms with E-state index in [1.54, 1.807) is 24.5 Å². The van der Waals surface area contributed by atoms with Crippen LogP contribution in [-0.4, -0.2) is 33.4 Å². The van der Waals surface area contributed by atoms with Crippen LogP contribution in [0.15, 0.2) is 84.5 Å². The predicted octanol–water partition coefficient (Wildman–Crippen LogP) is 5.52. The number of rotatable bonds is 6. The molecule has 3 aromatic heterocycles. The average molecular weight is 481 g/mol. The largest absolute Gasteiger partial charge is 0.452 e. The molecule has 0 bridgehead atoms. The van der Waals surface area contributed by atoms with E-state index < -0.39 is 18.5 Å². The highest BCUT2D eigenvalue weighted by Crippen LogP contribution is 2.26. The number of carbonyl (C=O) groups is 2. The van der Waals surface area contributed by atoms with E-state index in [4.69, 9.17) is 4.74 Å². The maximum Gasteiger partial charge on any atom is 0.339 e. The van der Waals surface area contributed by atoms with Gasteiger partial charge in [-0.3, -0.25) is 15.1 Å². The lowest BCUT2D eigenvalue weighted by atomic mass is 10.0. The van der Waals surface area contributed by atoms with Crippen LogP contribution in [0.3, 0.4) is 0 Å². The van der Waals surface area contributed by atoms with Gasteiger partial charge in [-0.1, -0.05) is 48.0 Å². The molecule has 172 valence electrons. The zero-order valence-corrected chi connectivity index (χ0v) is 19.6. The summed E-state index contributed by atoms with van der Waals surface area (Å²) in [7, 11) is 0. The Kier molecular flexibility index (Phi) is 6.28. The Bertz CT molecular complexity index is 1520. The summed E-state index contributed by atoms with van der Waals surface area (Å²) in [6.45, 7) is 1.59. The molecule has 0 fully saturated rings. The number of hydrogen-bond acceptors (Lipinski definition) is 7. The molecular weight excluding hydrogens is 460 g/mol. The van der Waals surface area contributed by atoms with Crippen molar-refractivity contribution in [3.63, 3.8) is 0 Å². The first-order valence-corrected chi connectivity index (χ1v) is 11.7. The van der Waals surface area contributed by atoms with Crippen molar-refractivity contribution in [2.45, 2.75) is 6.92 Å². The number of fused-ring (bicyclic) bond motifs is 1. The number of esters is 1. The molecule has 2 aromatic carbocycles. The lowest BCUT2D eigenvalue weighted by molar-refractivity contribution is -0.119. The van der Waals surface area contributed by atoms with Gasteiger partial charge in [0.25, 0.3) is 5.91 Å². The number of carbonyl (C=O) groups excluding carboxylic acids is 2. The van der Waals surface area contributed by atoms with Crippen molar-refractivity contribution in [1.82, 2.24) is 15.0 Å². The van der Waals surface area contributed by atoms with E-state index in [1.807, 2.05) is 66.9 Å². The zero-order chi connectivity index (χ0) is 24.2. The number of nitrogens with one attached hydrogen (secondary N) is 1. The van der Waals surface area contributed by atoms with Crippen LogP contribution in [0.5, 0.6) is 0 Å². The number of nitrogens with zero attached hydrogens (tertiary/aromatic N) is 3. The minimum atomic E-state index is -0.603. The Labute approximate surface area is 205 Å². The molecule has 0 aliphatic heterocycles. The van der Waals surface area contributed by atoms with Gasteiger partial charge in [0.1, 0.15) is 0 Å². The molecule has 0 radical (unpaired) electrons. The molecule has 0 aliphatic rings. The highest BCUT2D eigenvalue weighted by Gasteiger charge is 2.17. The fourth-order valence-corrected chi connectivity index (χ4v) is 4.30. The molecule has 0 aliphatic carbocycles. The van der Waals surface area contributed by atoms with Crippen molar-refractivity contribution in [3.05, 3.63) is 95.6 Å². The number of hydrogen-bond donors (Lipinski definition) is 1. The van der Waals surface area contributed by atoms with E-state index in [-0.39, 0.29) is 0 Å². The van der Waals surface area contributed by atoms with Crippen molar-refractivity contribution in [2.75, 3.05) is 11.9 Å². The van der Waals surface area contributed by atoms with E-state index in [0.29, 0.717) is 27.3 Å². The molecule has 3 heterocycles. The Balaban J connectivity index is 1.29. The minimum absolute atomic E-state index is 0.339. The monoisotopic (exact) mass is 480 g/mol. The van der Waals surface area contributed by atoms with E-state index in [0.717, 1.165) is 22.4 Å². The molecule has 0 saturated heterocycles. The topological polar surface area (TPSA) is 94.1 Å². The number of pyridine rings is 2. The van der Waals surface area contributed by atoms with Crippen LogP contribution in [0.25, 0.3) is 33.4 Å². The van der Waals surface area contributed by atoms with Crippen LogP contribution >= 0.6 is 11.3 Å². The summed E-state index contributed by atoms with van der Waals surface area (Å²) < 4.78 is 5.35. The van der Waals surface area contributed by atoms with Crippen LogP contribution in [-0.2, 0) is 9.53 Å². The van der Waals surface area contributed by atoms with Crippen molar-refractivity contribution in [2.24, 2.45) is 0 Å². The third kappa shape index (κ3) is 5.07. The van der Waals surface area contributed by atoms with E-state index in [2.05, 4.69) is 20.3 Å². The van der Waals surface area contributed by atoms with Crippen LogP contribution in [0.1, 0.15) is 15.9 Å². The standard InChI is InChI=1S/C27H20N4O3S/c1-17-6-8-18(9-7-17)24-16-35-27(30-24)31-25(32)15-34-26(33)21-14-23(19-10-12-28-13-11-19)29-22-5-3-2-4-20(21)22/h2-14,16H,15H2,1H3,(H,30,31,32). The number of ether oxygens (including phenoxy) is 1. The Morgan fingerprint density at radius 1 is 0.914 bits per heavy atom. The van der Waals surface area contributed by atoms with Gasteiger partial charge >= 0.3 is 5.97 Å². The fraction of sp³-hybridized carbons (Fsp3) is 0.0741. The highest BCUT2D eigenvalue weighted by atomic mass is 32.1. The lowest BCUT2D eigenvalue weighted by Gasteiger charge is -2.10. The van der Waals surface area contributed by atoms with Gasteiger partial charge in [0.15, 0.2) is 11.7 Å². The van der Waals surface area contributed by atoms with E-state index >= 15 is 0 Å². The Morgan fingerprint density at radius 2 is 1.66 bits per heavy atom. The molecule has 5 aromatic rings. The summed E-state index contributed by atoms with van der Waals surface area (Å²) in [6, 6.07) is 20.6. The first kappa shape index (κ1) is 22.4. The van der Waals surface area contributed by atoms with Gasteiger partial charge in [0.05, 0.1) is 22.5 Å². The summed E-state index contributed by atoms with van der Waals surface area (Å²) in [5, 5.41) is 5.66.